The predicted octanol–water partition coefficient (Wildman–Crippen LogP) is 7.13. The quantitative estimate of drug-likeness (QED) is 0.252. The Kier molecular flexibility index (Phi) is 11.0. The van der Waals surface area contributed by atoms with E-state index in [4.69, 9.17) is 11.6 Å². The lowest BCUT2D eigenvalue weighted by Crippen LogP contribution is -2.50. The van der Waals surface area contributed by atoms with E-state index in [-0.39, 0.29) is 17.2 Å². The first-order chi connectivity index (χ1) is 18.2. The molecule has 0 saturated heterocycles. The van der Waals surface area contributed by atoms with Gasteiger partial charge in [0.15, 0.2) is 0 Å². The fourth-order valence-electron chi connectivity index (χ4n) is 4.46. The maximum absolute atomic E-state index is 13.8. The van der Waals surface area contributed by atoms with Crippen molar-refractivity contribution >= 4 is 23.4 Å². The summed E-state index contributed by atoms with van der Waals surface area (Å²) in [6, 6.07) is 25.3. The van der Waals surface area contributed by atoms with Crippen molar-refractivity contribution in [1.29, 1.82) is 0 Å². The number of nitrogens with zero attached hydrogens (tertiary/aromatic N) is 1. The van der Waals surface area contributed by atoms with Gasteiger partial charge in [-0.25, -0.2) is 0 Å². The fraction of sp³-hybridized carbons (Fsp3) is 0.394. The van der Waals surface area contributed by atoms with E-state index in [0.717, 1.165) is 29.5 Å². The lowest BCUT2D eigenvalue weighted by molar-refractivity contribution is -0.141. The molecule has 0 bridgehead atoms. The van der Waals surface area contributed by atoms with Crippen molar-refractivity contribution in [3.05, 3.63) is 106 Å². The van der Waals surface area contributed by atoms with Gasteiger partial charge in [0.05, 0.1) is 0 Å². The first-order valence-corrected chi connectivity index (χ1v) is 14.0. The number of carbonyl (C=O) groups is 2. The zero-order valence-electron chi connectivity index (χ0n) is 23.2. The summed E-state index contributed by atoms with van der Waals surface area (Å²) in [7, 11) is 0. The summed E-state index contributed by atoms with van der Waals surface area (Å²) in [5.41, 5.74) is 4.38. The number of nitrogens with one attached hydrogen (secondary N) is 1. The molecule has 0 fully saturated rings. The minimum Gasteiger partial charge on any atom is -0.354 e. The van der Waals surface area contributed by atoms with Crippen molar-refractivity contribution in [3.8, 4) is 0 Å². The fourth-order valence-corrected chi connectivity index (χ4v) is 4.67. The lowest BCUT2D eigenvalue weighted by atomic mass is 9.86. The summed E-state index contributed by atoms with van der Waals surface area (Å²) in [5, 5.41) is 3.68. The highest BCUT2D eigenvalue weighted by molar-refractivity contribution is 6.30. The Morgan fingerprint density at radius 1 is 0.895 bits per heavy atom. The van der Waals surface area contributed by atoms with E-state index in [1.807, 2.05) is 54.6 Å². The van der Waals surface area contributed by atoms with Gasteiger partial charge in [-0.1, -0.05) is 112 Å². The third kappa shape index (κ3) is 9.02. The van der Waals surface area contributed by atoms with Crippen molar-refractivity contribution < 1.29 is 9.59 Å². The Morgan fingerprint density at radius 3 is 2.21 bits per heavy atom. The second-order valence-corrected chi connectivity index (χ2v) is 11.4. The summed E-state index contributed by atoms with van der Waals surface area (Å²) in [6.07, 6.45) is 3.28. The van der Waals surface area contributed by atoms with E-state index < -0.39 is 6.04 Å². The van der Waals surface area contributed by atoms with E-state index in [2.05, 4.69) is 57.3 Å². The van der Waals surface area contributed by atoms with Crippen LogP contribution < -0.4 is 5.32 Å². The van der Waals surface area contributed by atoms with E-state index in [9.17, 15) is 9.59 Å². The minimum atomic E-state index is -0.621. The van der Waals surface area contributed by atoms with Gasteiger partial charge in [0.1, 0.15) is 6.04 Å². The number of hydrogen-bond acceptors (Lipinski definition) is 2. The van der Waals surface area contributed by atoms with Gasteiger partial charge in [0, 0.05) is 31.0 Å². The van der Waals surface area contributed by atoms with Crippen LogP contribution in [0.5, 0.6) is 0 Å². The molecule has 2 amide bonds. The van der Waals surface area contributed by atoms with E-state index in [1.54, 1.807) is 4.90 Å². The standard InChI is InChI=1S/C33H41ClN2O2/c1-5-6-21-35-32(38)30(23-26-11-8-7-9-12-26)36(24-27-13-10-14-29(34)22-27)31(37)20-17-25-15-18-28(19-16-25)33(2,3)4/h7-16,18-19,22,30H,5-6,17,20-21,23-24H2,1-4H3,(H,35,38)/t30-/m1/s1. The molecule has 38 heavy (non-hydrogen) atoms. The van der Waals surface area contributed by atoms with Gasteiger partial charge in [-0.3, -0.25) is 9.59 Å². The third-order valence-corrected chi connectivity index (χ3v) is 7.03. The highest BCUT2D eigenvalue weighted by atomic mass is 35.5. The summed E-state index contributed by atoms with van der Waals surface area (Å²) < 4.78 is 0. The molecular weight excluding hydrogens is 492 g/mol. The Labute approximate surface area is 233 Å². The van der Waals surface area contributed by atoms with Crippen LogP contribution in [-0.2, 0) is 34.4 Å². The zero-order valence-corrected chi connectivity index (χ0v) is 23.9. The van der Waals surface area contributed by atoms with Crippen LogP contribution in [0.2, 0.25) is 5.02 Å². The third-order valence-electron chi connectivity index (χ3n) is 6.79. The molecule has 0 heterocycles. The minimum absolute atomic E-state index is 0.0450. The number of halogens is 1. The van der Waals surface area contributed by atoms with Crippen LogP contribution in [0.15, 0.2) is 78.9 Å². The number of benzene rings is 3. The topological polar surface area (TPSA) is 49.4 Å². The van der Waals surface area contributed by atoms with Gasteiger partial charge >= 0.3 is 0 Å². The van der Waals surface area contributed by atoms with Gasteiger partial charge in [-0.15, -0.1) is 0 Å². The molecule has 0 aromatic heterocycles. The molecule has 0 spiro atoms. The monoisotopic (exact) mass is 532 g/mol. The number of amides is 2. The van der Waals surface area contributed by atoms with E-state index in [1.165, 1.54) is 5.56 Å². The van der Waals surface area contributed by atoms with Crippen LogP contribution in [0.3, 0.4) is 0 Å². The van der Waals surface area contributed by atoms with Gasteiger partial charge in [-0.2, -0.15) is 0 Å². The summed E-state index contributed by atoms with van der Waals surface area (Å²) >= 11 is 6.27. The Morgan fingerprint density at radius 2 is 1.58 bits per heavy atom. The van der Waals surface area contributed by atoms with Crippen LogP contribution >= 0.6 is 11.6 Å². The van der Waals surface area contributed by atoms with Crippen LogP contribution in [-0.4, -0.2) is 29.3 Å². The molecule has 3 aromatic rings. The molecule has 0 aliphatic heterocycles. The van der Waals surface area contributed by atoms with Crippen molar-refractivity contribution in [2.75, 3.05) is 6.54 Å². The normalized spacial score (nSPS) is 12.1. The average Bonchev–Trinajstić information content (AvgIpc) is 2.89. The molecule has 1 atom stereocenters. The molecular formula is C33H41ClN2O2. The summed E-state index contributed by atoms with van der Waals surface area (Å²) in [5.74, 6) is -0.163. The molecule has 3 rings (SSSR count). The molecule has 0 unspecified atom stereocenters. The SMILES string of the molecule is CCCCNC(=O)[C@@H](Cc1ccccc1)N(Cc1cccc(Cl)c1)C(=O)CCc1ccc(C(C)(C)C)cc1. The van der Waals surface area contributed by atoms with Crippen molar-refractivity contribution in [1.82, 2.24) is 10.2 Å². The van der Waals surface area contributed by atoms with Crippen molar-refractivity contribution in [2.45, 2.75) is 77.8 Å². The second-order valence-electron chi connectivity index (χ2n) is 10.9. The Bertz CT molecular complexity index is 1170. The van der Waals surface area contributed by atoms with Gasteiger partial charge in [0.25, 0.3) is 0 Å². The number of rotatable bonds is 12. The highest BCUT2D eigenvalue weighted by Crippen LogP contribution is 2.23. The first kappa shape index (κ1) is 29.4. The van der Waals surface area contributed by atoms with E-state index >= 15 is 0 Å². The lowest BCUT2D eigenvalue weighted by Gasteiger charge is -2.32. The highest BCUT2D eigenvalue weighted by Gasteiger charge is 2.30. The molecule has 5 heteroatoms. The molecule has 0 saturated carbocycles. The smallest absolute Gasteiger partial charge is 0.243 e. The number of hydrogen-bond donors (Lipinski definition) is 1. The number of aryl methyl sites for hydroxylation is 1. The summed E-state index contributed by atoms with van der Waals surface area (Å²) in [6.45, 7) is 9.59. The first-order valence-electron chi connectivity index (χ1n) is 13.6. The van der Waals surface area contributed by atoms with Gasteiger partial charge < -0.3 is 10.2 Å². The van der Waals surface area contributed by atoms with Crippen molar-refractivity contribution in [3.63, 3.8) is 0 Å². The second kappa shape index (κ2) is 14.2. The van der Waals surface area contributed by atoms with Crippen LogP contribution in [0.4, 0.5) is 0 Å². The van der Waals surface area contributed by atoms with Crippen molar-refractivity contribution in [2.24, 2.45) is 0 Å². The van der Waals surface area contributed by atoms with Gasteiger partial charge in [0.2, 0.25) is 11.8 Å². The molecule has 1 N–H and O–H groups in total. The maximum Gasteiger partial charge on any atom is 0.243 e. The largest absolute Gasteiger partial charge is 0.354 e. The Balaban J connectivity index is 1.86. The number of carbonyl (C=O) groups excluding carboxylic acids is 2. The molecule has 202 valence electrons. The molecule has 0 radical (unpaired) electrons. The summed E-state index contributed by atoms with van der Waals surface area (Å²) in [4.78, 5) is 29.1. The molecule has 3 aromatic carbocycles. The maximum atomic E-state index is 13.8. The van der Waals surface area contributed by atoms with Gasteiger partial charge in [-0.05, 0) is 52.6 Å². The Hall–Kier alpha value is -3.11. The van der Waals surface area contributed by atoms with Crippen LogP contribution in [0.25, 0.3) is 0 Å². The van der Waals surface area contributed by atoms with Crippen LogP contribution in [0, 0.1) is 0 Å². The predicted molar refractivity (Wildman–Crippen MR) is 157 cm³/mol. The molecule has 0 aliphatic rings. The van der Waals surface area contributed by atoms with Crippen LogP contribution in [0.1, 0.15) is 69.2 Å². The number of unbranched alkanes of at least 4 members (excludes halogenated alkanes) is 1. The van der Waals surface area contributed by atoms with E-state index in [0.29, 0.717) is 37.4 Å². The zero-order chi connectivity index (χ0) is 27.5. The molecule has 0 aliphatic carbocycles. The molecule has 4 nitrogen and oxygen atoms in total. The average molecular weight is 533 g/mol.